The van der Waals surface area contributed by atoms with E-state index in [1.165, 1.54) is 6.08 Å². The molecule has 0 saturated carbocycles. The molecule has 5 nitrogen and oxygen atoms in total. The molecule has 0 spiro atoms. The summed E-state index contributed by atoms with van der Waals surface area (Å²) in [4.78, 5) is 23.2. The van der Waals surface area contributed by atoms with E-state index in [1.807, 2.05) is 0 Å². The number of nitrogens with one attached hydrogen (secondary N) is 1. The van der Waals surface area contributed by atoms with Gasteiger partial charge in [0.2, 0.25) is 0 Å². The predicted octanol–water partition coefficient (Wildman–Crippen LogP) is 2.50. The Kier molecular flexibility index (Phi) is 5.53. The zero-order valence-corrected chi connectivity index (χ0v) is 12.4. The molecule has 0 fully saturated rings. The van der Waals surface area contributed by atoms with Crippen LogP contribution in [0.4, 0.5) is 9.18 Å². The highest BCUT2D eigenvalue weighted by Crippen LogP contribution is 2.22. The summed E-state index contributed by atoms with van der Waals surface area (Å²) in [6, 6.07) is -0.863. The zero-order valence-electron chi connectivity index (χ0n) is 12.4. The summed E-state index contributed by atoms with van der Waals surface area (Å²) in [5.74, 6) is -0.463. The number of hydrogen-bond donors (Lipinski definition) is 1. The number of hydrogen-bond acceptors (Lipinski definition) is 4. The van der Waals surface area contributed by atoms with Gasteiger partial charge in [0.25, 0.3) is 0 Å². The lowest BCUT2D eigenvalue weighted by Gasteiger charge is -2.27. The average Bonchev–Trinajstić information content (AvgIpc) is 2.29. The Bertz CT molecular complexity index is 400. The lowest BCUT2D eigenvalue weighted by atomic mass is 9.94. The Hall–Kier alpha value is -1.59. The second-order valence-corrected chi connectivity index (χ2v) is 5.64. The van der Waals surface area contributed by atoms with Gasteiger partial charge in [-0.25, -0.2) is 14.0 Å². The van der Waals surface area contributed by atoms with Crippen molar-refractivity contribution in [3.05, 3.63) is 11.6 Å². The Morgan fingerprint density at radius 2 is 2.10 bits per heavy atom. The van der Waals surface area contributed by atoms with Gasteiger partial charge in [-0.2, -0.15) is 0 Å². The number of esters is 1. The van der Waals surface area contributed by atoms with Gasteiger partial charge in [0.05, 0.1) is 12.6 Å². The van der Waals surface area contributed by atoms with Crippen LogP contribution in [0.3, 0.4) is 0 Å². The van der Waals surface area contributed by atoms with Crippen LogP contribution in [0.1, 0.15) is 40.5 Å². The van der Waals surface area contributed by atoms with Gasteiger partial charge >= 0.3 is 12.1 Å². The van der Waals surface area contributed by atoms with E-state index in [1.54, 1.807) is 27.7 Å². The molecule has 0 bridgehead atoms. The van der Waals surface area contributed by atoms with Crippen molar-refractivity contribution in [2.45, 2.75) is 58.4 Å². The molecule has 0 radical (unpaired) electrons. The third kappa shape index (κ3) is 5.19. The van der Waals surface area contributed by atoms with E-state index in [2.05, 4.69) is 5.32 Å². The Balaban J connectivity index is 2.69. The van der Waals surface area contributed by atoms with Crippen LogP contribution in [0.25, 0.3) is 0 Å². The minimum absolute atomic E-state index is 0.172. The van der Waals surface area contributed by atoms with Gasteiger partial charge < -0.3 is 14.8 Å². The van der Waals surface area contributed by atoms with E-state index >= 15 is 0 Å². The minimum atomic E-state index is -1.24. The first-order chi connectivity index (χ1) is 9.23. The molecule has 114 valence electrons. The Morgan fingerprint density at radius 3 is 2.65 bits per heavy atom. The minimum Gasteiger partial charge on any atom is -0.463 e. The van der Waals surface area contributed by atoms with E-state index in [0.717, 1.165) is 0 Å². The number of ether oxygens (including phenoxy) is 2. The number of rotatable bonds is 3. The number of halogens is 1. The molecule has 0 aliphatic heterocycles. The molecule has 0 aromatic carbocycles. The highest BCUT2D eigenvalue weighted by Gasteiger charge is 2.30. The lowest BCUT2D eigenvalue weighted by Crippen LogP contribution is -2.44. The van der Waals surface area contributed by atoms with E-state index in [4.69, 9.17) is 9.47 Å². The first kappa shape index (κ1) is 16.5. The van der Waals surface area contributed by atoms with Crippen LogP contribution in [0.5, 0.6) is 0 Å². The summed E-state index contributed by atoms with van der Waals surface area (Å²) in [6.07, 6.45) is -0.0413. The second kappa shape index (κ2) is 6.72. The van der Waals surface area contributed by atoms with Gasteiger partial charge in [-0.3, -0.25) is 0 Å². The molecular weight excluding hydrogens is 265 g/mol. The number of alkyl carbamates (subject to hydrolysis) is 1. The first-order valence-corrected chi connectivity index (χ1v) is 6.74. The molecule has 2 atom stereocenters. The molecule has 0 aromatic heterocycles. The normalized spacial score (nSPS) is 22.8. The van der Waals surface area contributed by atoms with Crippen LogP contribution in [0.15, 0.2) is 11.6 Å². The van der Waals surface area contributed by atoms with Crippen LogP contribution >= 0.6 is 0 Å². The number of carbonyl (C=O) groups is 2. The maximum absolute atomic E-state index is 13.8. The topological polar surface area (TPSA) is 64.6 Å². The van der Waals surface area contributed by atoms with E-state index in [-0.39, 0.29) is 13.0 Å². The highest BCUT2D eigenvalue weighted by atomic mass is 19.1. The van der Waals surface area contributed by atoms with Crippen molar-refractivity contribution < 1.29 is 23.5 Å². The largest absolute Gasteiger partial charge is 0.463 e. The van der Waals surface area contributed by atoms with Gasteiger partial charge in [0, 0.05) is 5.57 Å². The van der Waals surface area contributed by atoms with Crippen LogP contribution in [-0.2, 0) is 14.3 Å². The SMILES string of the molecule is CCOC(=O)C1=C[C@H](NC(=O)OC(C)(C)C)[C@@H](F)CC1. The van der Waals surface area contributed by atoms with Gasteiger partial charge in [-0.1, -0.05) is 0 Å². The lowest BCUT2D eigenvalue weighted by molar-refractivity contribution is -0.138. The highest BCUT2D eigenvalue weighted by molar-refractivity contribution is 5.89. The fourth-order valence-corrected chi connectivity index (χ4v) is 1.85. The summed E-state index contributed by atoms with van der Waals surface area (Å²) >= 11 is 0. The van der Waals surface area contributed by atoms with Gasteiger partial charge in [0.15, 0.2) is 0 Å². The Labute approximate surface area is 118 Å². The summed E-state index contributed by atoms with van der Waals surface area (Å²) < 4.78 is 23.7. The van der Waals surface area contributed by atoms with E-state index in [0.29, 0.717) is 12.0 Å². The van der Waals surface area contributed by atoms with Crippen molar-refractivity contribution in [1.82, 2.24) is 5.32 Å². The summed E-state index contributed by atoms with van der Waals surface area (Å²) in [5.41, 5.74) is -0.264. The molecule has 0 heterocycles. The standard InChI is InChI=1S/C14H22FNO4/c1-5-19-12(17)9-6-7-10(15)11(8-9)16-13(18)20-14(2,3)4/h8,10-11H,5-7H2,1-4H3,(H,16,18)/t10-,11-/m0/s1. The van der Waals surface area contributed by atoms with Crippen molar-refractivity contribution in [1.29, 1.82) is 0 Å². The maximum atomic E-state index is 13.8. The predicted molar refractivity (Wildman–Crippen MR) is 72.0 cm³/mol. The van der Waals surface area contributed by atoms with Gasteiger partial charge in [-0.15, -0.1) is 0 Å². The molecule has 6 heteroatoms. The molecule has 0 unspecified atom stereocenters. The second-order valence-electron chi connectivity index (χ2n) is 5.64. The third-order valence-electron chi connectivity index (χ3n) is 2.68. The van der Waals surface area contributed by atoms with Crippen LogP contribution in [-0.4, -0.2) is 36.5 Å². The number of alkyl halides is 1. The zero-order chi connectivity index (χ0) is 15.3. The summed E-state index contributed by atoms with van der Waals surface area (Å²) in [6.45, 7) is 7.13. The van der Waals surface area contributed by atoms with Crippen LogP contribution in [0.2, 0.25) is 0 Å². The van der Waals surface area contributed by atoms with Gasteiger partial charge in [-0.05, 0) is 46.6 Å². The summed E-state index contributed by atoms with van der Waals surface area (Å²) in [7, 11) is 0. The Morgan fingerprint density at radius 1 is 1.45 bits per heavy atom. The fraction of sp³-hybridized carbons (Fsp3) is 0.714. The fourth-order valence-electron chi connectivity index (χ4n) is 1.85. The van der Waals surface area contributed by atoms with E-state index in [9.17, 15) is 14.0 Å². The summed E-state index contributed by atoms with van der Waals surface area (Å²) in [5, 5.41) is 2.43. The first-order valence-electron chi connectivity index (χ1n) is 6.74. The molecule has 0 saturated heterocycles. The maximum Gasteiger partial charge on any atom is 0.408 e. The van der Waals surface area contributed by atoms with Crippen LogP contribution < -0.4 is 5.32 Å². The molecule has 20 heavy (non-hydrogen) atoms. The quantitative estimate of drug-likeness (QED) is 0.810. The smallest absolute Gasteiger partial charge is 0.408 e. The molecular formula is C14H22FNO4. The molecule has 0 aromatic rings. The van der Waals surface area contributed by atoms with Crippen molar-refractivity contribution in [3.63, 3.8) is 0 Å². The molecule has 1 rings (SSSR count). The third-order valence-corrected chi connectivity index (χ3v) is 2.68. The van der Waals surface area contributed by atoms with Crippen molar-refractivity contribution in [2.75, 3.05) is 6.61 Å². The van der Waals surface area contributed by atoms with E-state index < -0.39 is 29.9 Å². The van der Waals surface area contributed by atoms with Crippen molar-refractivity contribution in [2.24, 2.45) is 0 Å². The van der Waals surface area contributed by atoms with Crippen molar-refractivity contribution >= 4 is 12.1 Å². The number of carbonyl (C=O) groups excluding carboxylic acids is 2. The van der Waals surface area contributed by atoms with Crippen molar-refractivity contribution in [3.8, 4) is 0 Å². The van der Waals surface area contributed by atoms with Crippen LogP contribution in [0, 0.1) is 0 Å². The molecule has 1 aliphatic carbocycles. The molecule has 1 aliphatic rings. The number of amides is 1. The average molecular weight is 287 g/mol. The molecule has 1 N–H and O–H groups in total. The monoisotopic (exact) mass is 287 g/mol. The van der Waals surface area contributed by atoms with Gasteiger partial charge in [0.1, 0.15) is 11.8 Å². The molecule has 1 amide bonds.